The molecule has 0 radical (unpaired) electrons. The Morgan fingerprint density at radius 3 is 2.65 bits per heavy atom. The third kappa shape index (κ3) is 5.01. The van der Waals surface area contributed by atoms with Gasteiger partial charge in [0.2, 0.25) is 0 Å². The second-order valence-corrected chi connectivity index (χ2v) is 6.98. The average Bonchev–Trinajstić information content (AvgIpc) is 2.66. The fourth-order valence-corrected chi connectivity index (χ4v) is 3.24. The van der Waals surface area contributed by atoms with Gasteiger partial charge < -0.3 is 14.8 Å². The highest BCUT2D eigenvalue weighted by atomic mass is 16.5. The highest BCUT2D eigenvalue weighted by Crippen LogP contribution is 2.29. The summed E-state index contributed by atoms with van der Waals surface area (Å²) in [4.78, 5) is 12.2. The summed E-state index contributed by atoms with van der Waals surface area (Å²) in [6.45, 7) is 4.42. The average molecular weight is 353 g/mol. The second-order valence-electron chi connectivity index (χ2n) is 6.98. The van der Waals surface area contributed by atoms with Crippen molar-refractivity contribution in [2.75, 3.05) is 13.2 Å². The lowest BCUT2D eigenvalue weighted by Gasteiger charge is -2.20. The SMILES string of the molecule is Cc1ccc(OC[C@@H](C)NC(=O)COc2cccc3c2CCCC3)cc1. The van der Waals surface area contributed by atoms with Gasteiger partial charge in [0.1, 0.15) is 18.1 Å². The Morgan fingerprint density at radius 1 is 1.08 bits per heavy atom. The van der Waals surface area contributed by atoms with Crippen LogP contribution in [0.15, 0.2) is 42.5 Å². The Labute approximate surface area is 155 Å². The minimum Gasteiger partial charge on any atom is -0.491 e. The van der Waals surface area contributed by atoms with Crippen LogP contribution in [-0.2, 0) is 17.6 Å². The molecule has 1 aliphatic carbocycles. The Balaban J connectivity index is 1.44. The molecule has 0 saturated heterocycles. The quantitative estimate of drug-likeness (QED) is 0.823. The van der Waals surface area contributed by atoms with Gasteiger partial charge in [0.15, 0.2) is 6.61 Å². The molecule has 0 heterocycles. The lowest BCUT2D eigenvalue weighted by atomic mass is 9.91. The van der Waals surface area contributed by atoms with E-state index in [1.807, 2.05) is 50.2 Å². The van der Waals surface area contributed by atoms with E-state index in [-0.39, 0.29) is 18.6 Å². The Hall–Kier alpha value is -2.49. The van der Waals surface area contributed by atoms with E-state index in [1.165, 1.54) is 29.5 Å². The van der Waals surface area contributed by atoms with Crippen molar-refractivity contribution in [3.63, 3.8) is 0 Å². The van der Waals surface area contributed by atoms with E-state index in [0.29, 0.717) is 6.61 Å². The monoisotopic (exact) mass is 353 g/mol. The van der Waals surface area contributed by atoms with Gasteiger partial charge in [-0.3, -0.25) is 4.79 Å². The Kier molecular flexibility index (Phi) is 6.16. The molecule has 1 aliphatic rings. The molecule has 0 spiro atoms. The van der Waals surface area contributed by atoms with Crippen LogP contribution in [0.1, 0.15) is 36.5 Å². The molecular weight excluding hydrogens is 326 g/mol. The molecule has 1 atom stereocenters. The first-order chi connectivity index (χ1) is 12.6. The minimum absolute atomic E-state index is 0.0331. The summed E-state index contributed by atoms with van der Waals surface area (Å²) in [5, 5.41) is 2.92. The summed E-state index contributed by atoms with van der Waals surface area (Å²) in [5.41, 5.74) is 3.82. The maximum atomic E-state index is 12.2. The van der Waals surface area contributed by atoms with Crippen LogP contribution in [0.5, 0.6) is 11.5 Å². The number of hydrogen-bond donors (Lipinski definition) is 1. The Morgan fingerprint density at radius 2 is 1.85 bits per heavy atom. The van der Waals surface area contributed by atoms with Crippen molar-refractivity contribution >= 4 is 5.91 Å². The smallest absolute Gasteiger partial charge is 0.258 e. The standard InChI is InChI=1S/C22H27NO3/c1-16-10-12-19(13-11-16)25-14-17(2)23-22(24)15-26-21-9-5-7-18-6-3-4-8-20(18)21/h5,7,9-13,17H,3-4,6,8,14-15H2,1-2H3,(H,23,24)/t17-/m1/s1. The third-order valence-electron chi connectivity index (χ3n) is 4.64. The molecule has 4 nitrogen and oxygen atoms in total. The molecule has 0 aliphatic heterocycles. The number of rotatable bonds is 7. The summed E-state index contributed by atoms with van der Waals surface area (Å²) in [6, 6.07) is 13.9. The van der Waals surface area contributed by atoms with Crippen molar-refractivity contribution in [2.45, 2.75) is 45.6 Å². The molecule has 2 aromatic carbocycles. The number of benzene rings is 2. The van der Waals surface area contributed by atoms with Gasteiger partial charge in [-0.05, 0) is 68.9 Å². The molecule has 2 aromatic rings. The van der Waals surface area contributed by atoms with Crippen LogP contribution >= 0.6 is 0 Å². The van der Waals surface area contributed by atoms with Gasteiger partial charge in [0.25, 0.3) is 5.91 Å². The largest absolute Gasteiger partial charge is 0.491 e. The number of carbonyl (C=O) groups excluding carboxylic acids is 1. The molecule has 26 heavy (non-hydrogen) atoms. The van der Waals surface area contributed by atoms with Crippen molar-refractivity contribution in [3.05, 3.63) is 59.2 Å². The molecule has 0 aromatic heterocycles. The first-order valence-electron chi connectivity index (χ1n) is 9.34. The molecule has 1 amide bonds. The topological polar surface area (TPSA) is 47.6 Å². The van der Waals surface area contributed by atoms with Crippen molar-refractivity contribution in [1.29, 1.82) is 0 Å². The number of fused-ring (bicyclic) bond motifs is 1. The highest BCUT2D eigenvalue weighted by molar-refractivity contribution is 5.77. The number of hydrogen-bond acceptors (Lipinski definition) is 3. The fraction of sp³-hybridized carbons (Fsp3) is 0.409. The van der Waals surface area contributed by atoms with E-state index in [4.69, 9.17) is 9.47 Å². The van der Waals surface area contributed by atoms with Crippen LogP contribution in [0.2, 0.25) is 0 Å². The van der Waals surface area contributed by atoms with Crippen molar-refractivity contribution in [1.82, 2.24) is 5.32 Å². The van der Waals surface area contributed by atoms with Crippen LogP contribution in [0.25, 0.3) is 0 Å². The number of ether oxygens (including phenoxy) is 2. The molecule has 4 heteroatoms. The van der Waals surface area contributed by atoms with Crippen LogP contribution < -0.4 is 14.8 Å². The van der Waals surface area contributed by atoms with Crippen LogP contribution in [0, 0.1) is 6.92 Å². The predicted molar refractivity (Wildman–Crippen MR) is 103 cm³/mol. The normalized spacial score (nSPS) is 14.2. The van der Waals surface area contributed by atoms with Crippen molar-refractivity contribution < 1.29 is 14.3 Å². The molecule has 0 bridgehead atoms. The van der Waals surface area contributed by atoms with Crippen LogP contribution in [0.3, 0.4) is 0 Å². The molecular formula is C22H27NO3. The number of aryl methyl sites for hydroxylation is 2. The molecule has 3 rings (SSSR count). The first-order valence-corrected chi connectivity index (χ1v) is 9.34. The van der Waals surface area contributed by atoms with E-state index in [1.54, 1.807) is 0 Å². The van der Waals surface area contributed by atoms with Crippen molar-refractivity contribution in [2.24, 2.45) is 0 Å². The predicted octanol–water partition coefficient (Wildman–Crippen LogP) is 3.84. The summed E-state index contributed by atoms with van der Waals surface area (Å²) >= 11 is 0. The molecule has 138 valence electrons. The minimum atomic E-state index is -0.126. The maximum absolute atomic E-state index is 12.2. The zero-order valence-electron chi connectivity index (χ0n) is 15.6. The second kappa shape index (κ2) is 8.75. The van der Waals surface area contributed by atoms with Gasteiger partial charge in [-0.15, -0.1) is 0 Å². The summed E-state index contributed by atoms with van der Waals surface area (Å²) < 4.78 is 11.5. The van der Waals surface area contributed by atoms with Crippen molar-refractivity contribution in [3.8, 4) is 11.5 Å². The number of carbonyl (C=O) groups is 1. The number of amides is 1. The van der Waals surface area contributed by atoms with Crippen LogP contribution in [-0.4, -0.2) is 25.2 Å². The van der Waals surface area contributed by atoms with Gasteiger partial charge >= 0.3 is 0 Å². The summed E-state index contributed by atoms with van der Waals surface area (Å²) in [5.74, 6) is 1.53. The summed E-state index contributed by atoms with van der Waals surface area (Å²) in [6.07, 6.45) is 4.56. The van der Waals surface area contributed by atoms with Gasteiger partial charge in [0, 0.05) is 0 Å². The van der Waals surface area contributed by atoms with E-state index in [0.717, 1.165) is 24.3 Å². The lowest BCUT2D eigenvalue weighted by molar-refractivity contribution is -0.123. The van der Waals surface area contributed by atoms with E-state index < -0.39 is 0 Å². The fourth-order valence-electron chi connectivity index (χ4n) is 3.24. The lowest BCUT2D eigenvalue weighted by Crippen LogP contribution is -2.39. The zero-order chi connectivity index (χ0) is 18.4. The molecule has 1 N–H and O–H groups in total. The Bertz CT molecular complexity index is 740. The van der Waals surface area contributed by atoms with E-state index >= 15 is 0 Å². The van der Waals surface area contributed by atoms with E-state index in [9.17, 15) is 4.79 Å². The molecule has 0 unspecified atom stereocenters. The zero-order valence-corrected chi connectivity index (χ0v) is 15.6. The first kappa shape index (κ1) is 18.3. The van der Waals surface area contributed by atoms with Crippen LogP contribution in [0.4, 0.5) is 0 Å². The molecule has 0 fully saturated rings. The third-order valence-corrected chi connectivity index (χ3v) is 4.64. The van der Waals surface area contributed by atoms with Gasteiger partial charge in [0.05, 0.1) is 6.04 Å². The highest BCUT2D eigenvalue weighted by Gasteiger charge is 2.15. The van der Waals surface area contributed by atoms with Gasteiger partial charge in [-0.1, -0.05) is 29.8 Å². The summed E-state index contributed by atoms with van der Waals surface area (Å²) in [7, 11) is 0. The van der Waals surface area contributed by atoms with Gasteiger partial charge in [-0.2, -0.15) is 0 Å². The maximum Gasteiger partial charge on any atom is 0.258 e. The van der Waals surface area contributed by atoms with Gasteiger partial charge in [-0.25, -0.2) is 0 Å². The van der Waals surface area contributed by atoms with E-state index in [2.05, 4.69) is 11.4 Å². The number of nitrogens with one attached hydrogen (secondary N) is 1. The molecule has 0 saturated carbocycles.